The lowest BCUT2D eigenvalue weighted by atomic mass is 10.1. The molecule has 4 rings (SSSR count). The second kappa shape index (κ2) is 9.07. The molecule has 2 heterocycles. The number of aryl methyl sites for hydroxylation is 1. The van der Waals surface area contributed by atoms with Gasteiger partial charge in [0.25, 0.3) is 5.91 Å². The highest BCUT2D eigenvalue weighted by Crippen LogP contribution is 2.25. The third-order valence-corrected chi connectivity index (χ3v) is 5.42. The van der Waals surface area contributed by atoms with E-state index in [1.807, 2.05) is 59.2 Å². The molecule has 0 aliphatic carbocycles. The van der Waals surface area contributed by atoms with E-state index in [2.05, 4.69) is 11.1 Å². The number of nitrogens with zero attached hydrogens (tertiary/aromatic N) is 4. The molecular weight excluding hydrogens is 412 g/mol. The van der Waals surface area contributed by atoms with Crippen LogP contribution in [-0.2, 0) is 0 Å². The van der Waals surface area contributed by atoms with Gasteiger partial charge in [-0.25, -0.2) is 0 Å². The van der Waals surface area contributed by atoms with Crippen LogP contribution in [0.25, 0.3) is 12.2 Å². The molecule has 1 amide bonds. The zero-order chi connectivity index (χ0) is 21.8. The standard InChI is InChI=1S/C24H21ClN4O2/c1-17-2-7-19(8-3-17)23(30)28-12-14-29(15-13-28)24-21(16-26)27-22(31-24)11-6-18-4-9-20(25)10-5-18/h2-11H,12-15H2,1H3/b11-6+. The maximum atomic E-state index is 12.7. The molecule has 0 radical (unpaired) electrons. The van der Waals surface area contributed by atoms with E-state index in [9.17, 15) is 10.1 Å². The van der Waals surface area contributed by atoms with E-state index in [4.69, 9.17) is 16.0 Å². The highest BCUT2D eigenvalue weighted by molar-refractivity contribution is 6.30. The van der Waals surface area contributed by atoms with Gasteiger partial charge in [0.1, 0.15) is 6.07 Å². The molecule has 0 saturated carbocycles. The third-order valence-electron chi connectivity index (χ3n) is 5.17. The van der Waals surface area contributed by atoms with Crippen LogP contribution in [0.4, 0.5) is 5.88 Å². The van der Waals surface area contributed by atoms with E-state index in [0.29, 0.717) is 48.5 Å². The molecule has 0 spiro atoms. The highest BCUT2D eigenvalue weighted by Gasteiger charge is 2.26. The maximum absolute atomic E-state index is 12.7. The summed E-state index contributed by atoms with van der Waals surface area (Å²) in [5.74, 6) is 0.824. The van der Waals surface area contributed by atoms with Crippen LogP contribution >= 0.6 is 11.6 Å². The van der Waals surface area contributed by atoms with Gasteiger partial charge in [0.15, 0.2) is 0 Å². The van der Waals surface area contributed by atoms with Crippen molar-refractivity contribution in [3.63, 3.8) is 0 Å². The molecule has 1 aliphatic rings. The lowest BCUT2D eigenvalue weighted by Crippen LogP contribution is -2.48. The minimum atomic E-state index is 0.0179. The second-order valence-electron chi connectivity index (χ2n) is 7.35. The summed E-state index contributed by atoms with van der Waals surface area (Å²) in [7, 11) is 0. The first kappa shape index (κ1) is 20.7. The largest absolute Gasteiger partial charge is 0.420 e. The number of benzene rings is 2. The molecule has 2 aromatic carbocycles. The lowest BCUT2D eigenvalue weighted by Gasteiger charge is -2.34. The number of amides is 1. The van der Waals surface area contributed by atoms with Crippen molar-refractivity contribution in [3.05, 3.63) is 81.8 Å². The summed E-state index contributed by atoms with van der Waals surface area (Å²) >= 11 is 5.91. The first-order valence-electron chi connectivity index (χ1n) is 9.99. The number of carbonyl (C=O) groups is 1. The fourth-order valence-corrected chi connectivity index (χ4v) is 3.55. The van der Waals surface area contributed by atoms with Crippen LogP contribution in [0.3, 0.4) is 0 Å². The number of halogens is 1. The van der Waals surface area contributed by atoms with Gasteiger partial charge in [0, 0.05) is 42.8 Å². The van der Waals surface area contributed by atoms with Crippen molar-refractivity contribution >= 4 is 35.5 Å². The van der Waals surface area contributed by atoms with E-state index in [-0.39, 0.29) is 11.6 Å². The van der Waals surface area contributed by atoms with Crippen LogP contribution in [-0.4, -0.2) is 42.0 Å². The molecule has 31 heavy (non-hydrogen) atoms. The predicted molar refractivity (Wildman–Crippen MR) is 121 cm³/mol. The van der Waals surface area contributed by atoms with E-state index in [1.165, 1.54) is 0 Å². The molecular formula is C24H21ClN4O2. The number of aromatic nitrogens is 1. The summed E-state index contributed by atoms with van der Waals surface area (Å²) in [5.41, 5.74) is 3.00. The molecule has 3 aromatic rings. The lowest BCUT2D eigenvalue weighted by molar-refractivity contribution is 0.0745. The fraction of sp³-hybridized carbons (Fsp3) is 0.208. The van der Waals surface area contributed by atoms with Crippen LogP contribution in [0.5, 0.6) is 0 Å². The van der Waals surface area contributed by atoms with Gasteiger partial charge in [-0.3, -0.25) is 4.79 Å². The van der Waals surface area contributed by atoms with Crippen molar-refractivity contribution < 1.29 is 9.21 Å². The Balaban J connectivity index is 1.43. The topological polar surface area (TPSA) is 73.4 Å². The van der Waals surface area contributed by atoms with Crippen molar-refractivity contribution in [1.29, 1.82) is 5.26 Å². The molecule has 1 saturated heterocycles. The Hall–Kier alpha value is -3.56. The van der Waals surface area contributed by atoms with E-state index in [1.54, 1.807) is 18.2 Å². The van der Waals surface area contributed by atoms with E-state index >= 15 is 0 Å². The van der Waals surface area contributed by atoms with Crippen LogP contribution < -0.4 is 4.90 Å². The third kappa shape index (κ3) is 4.79. The van der Waals surface area contributed by atoms with Gasteiger partial charge < -0.3 is 14.2 Å². The van der Waals surface area contributed by atoms with E-state index < -0.39 is 0 Å². The summed E-state index contributed by atoms with van der Waals surface area (Å²) in [5, 5.41) is 10.2. The Labute approximate surface area is 186 Å². The first-order chi connectivity index (χ1) is 15.0. The molecule has 0 atom stereocenters. The molecule has 0 unspecified atom stereocenters. The average Bonchev–Trinajstić information content (AvgIpc) is 3.22. The summed E-state index contributed by atoms with van der Waals surface area (Å²) in [6.07, 6.45) is 3.58. The fourth-order valence-electron chi connectivity index (χ4n) is 3.42. The maximum Gasteiger partial charge on any atom is 0.253 e. The normalized spacial score (nSPS) is 14.1. The molecule has 1 fully saturated rings. The number of piperazine rings is 1. The Kier molecular flexibility index (Phi) is 6.06. The predicted octanol–water partition coefficient (Wildman–Crippen LogP) is 4.64. The molecule has 7 heteroatoms. The Bertz CT molecular complexity index is 1140. The number of rotatable bonds is 4. The Morgan fingerprint density at radius 3 is 2.39 bits per heavy atom. The molecule has 0 N–H and O–H groups in total. The zero-order valence-corrected chi connectivity index (χ0v) is 17.8. The minimum Gasteiger partial charge on any atom is -0.420 e. The second-order valence-corrected chi connectivity index (χ2v) is 7.78. The van der Waals surface area contributed by atoms with Gasteiger partial charge in [-0.2, -0.15) is 10.2 Å². The molecule has 1 aliphatic heterocycles. The van der Waals surface area contributed by atoms with Crippen molar-refractivity contribution in [2.75, 3.05) is 31.1 Å². The number of hydrogen-bond donors (Lipinski definition) is 0. The van der Waals surface area contributed by atoms with Crippen molar-refractivity contribution in [1.82, 2.24) is 9.88 Å². The number of oxazole rings is 1. The molecule has 6 nitrogen and oxygen atoms in total. The smallest absolute Gasteiger partial charge is 0.253 e. The van der Waals surface area contributed by atoms with Gasteiger partial charge in [0.2, 0.25) is 17.5 Å². The van der Waals surface area contributed by atoms with Gasteiger partial charge >= 0.3 is 0 Å². The van der Waals surface area contributed by atoms with E-state index in [0.717, 1.165) is 11.1 Å². The number of hydrogen-bond acceptors (Lipinski definition) is 5. The SMILES string of the molecule is Cc1ccc(C(=O)N2CCN(c3oc(/C=C/c4ccc(Cl)cc4)nc3C#N)CC2)cc1. The van der Waals surface area contributed by atoms with Crippen molar-refractivity contribution in [3.8, 4) is 6.07 Å². The summed E-state index contributed by atoms with van der Waals surface area (Å²) in [4.78, 5) is 20.8. The summed E-state index contributed by atoms with van der Waals surface area (Å²) in [6, 6.07) is 17.1. The van der Waals surface area contributed by atoms with Crippen molar-refractivity contribution in [2.24, 2.45) is 0 Å². The van der Waals surface area contributed by atoms with Crippen LogP contribution in [0.2, 0.25) is 5.02 Å². The number of anilines is 1. The summed E-state index contributed by atoms with van der Waals surface area (Å²) < 4.78 is 5.86. The summed E-state index contributed by atoms with van der Waals surface area (Å²) in [6.45, 7) is 4.24. The quantitative estimate of drug-likeness (QED) is 0.600. The number of carbonyl (C=O) groups excluding carboxylic acids is 1. The first-order valence-corrected chi connectivity index (χ1v) is 10.4. The molecule has 0 bridgehead atoms. The highest BCUT2D eigenvalue weighted by atomic mass is 35.5. The monoisotopic (exact) mass is 432 g/mol. The number of nitriles is 1. The van der Waals surface area contributed by atoms with Gasteiger partial charge in [0.05, 0.1) is 0 Å². The van der Waals surface area contributed by atoms with Crippen LogP contribution in [0.1, 0.15) is 33.1 Å². The molecule has 1 aromatic heterocycles. The Morgan fingerprint density at radius 2 is 1.74 bits per heavy atom. The average molecular weight is 433 g/mol. The molecule has 156 valence electrons. The minimum absolute atomic E-state index is 0.0179. The zero-order valence-electron chi connectivity index (χ0n) is 17.1. The van der Waals surface area contributed by atoms with Crippen LogP contribution in [0.15, 0.2) is 52.9 Å². The Morgan fingerprint density at radius 1 is 1.06 bits per heavy atom. The van der Waals surface area contributed by atoms with Crippen molar-refractivity contribution in [2.45, 2.75) is 6.92 Å². The van der Waals surface area contributed by atoms with Crippen LogP contribution in [0, 0.1) is 18.3 Å². The van der Waals surface area contributed by atoms with Gasteiger partial charge in [-0.05, 0) is 42.8 Å². The van der Waals surface area contributed by atoms with Gasteiger partial charge in [-0.15, -0.1) is 0 Å². The van der Waals surface area contributed by atoms with Gasteiger partial charge in [-0.1, -0.05) is 41.4 Å².